The Balaban J connectivity index is 2.03. The fourth-order valence-corrected chi connectivity index (χ4v) is 2.39. The quantitative estimate of drug-likeness (QED) is 0.503. The second-order valence-electron chi connectivity index (χ2n) is 5.16. The third-order valence-electron chi connectivity index (χ3n) is 3.43. The number of nitrogens with zero attached hydrogens (tertiary/aromatic N) is 1. The molecule has 1 saturated heterocycles. The van der Waals surface area contributed by atoms with E-state index in [-0.39, 0.29) is 11.7 Å². The minimum absolute atomic E-state index is 0.0550. The molecule has 0 radical (unpaired) electrons. The molecule has 1 aliphatic rings. The van der Waals surface area contributed by atoms with Crippen LogP contribution in [0, 0.1) is 11.3 Å². The largest absolute Gasteiger partial charge is 0.452 e. The van der Waals surface area contributed by atoms with Crippen molar-refractivity contribution >= 4 is 12.0 Å². The highest BCUT2D eigenvalue weighted by Crippen LogP contribution is 2.11. The molecule has 0 aromatic heterocycles. The first kappa shape index (κ1) is 14.3. The predicted octanol–water partition coefficient (Wildman–Crippen LogP) is 0.814. The van der Waals surface area contributed by atoms with Crippen molar-refractivity contribution in [3.8, 4) is 6.07 Å². The van der Waals surface area contributed by atoms with Gasteiger partial charge in [0.1, 0.15) is 18.2 Å². The molecular formula is C16H19N2O2+. The van der Waals surface area contributed by atoms with Crippen LogP contribution in [0.5, 0.6) is 0 Å². The molecule has 4 heteroatoms. The molecule has 20 heavy (non-hydrogen) atoms. The monoisotopic (exact) mass is 271 g/mol. The Morgan fingerprint density at radius 3 is 2.85 bits per heavy atom. The second-order valence-corrected chi connectivity index (χ2v) is 5.16. The van der Waals surface area contributed by atoms with E-state index in [0.29, 0.717) is 0 Å². The number of nitriles is 1. The molecular weight excluding hydrogens is 252 g/mol. The average Bonchev–Trinajstić information content (AvgIpc) is 2.45. The van der Waals surface area contributed by atoms with Crippen LogP contribution in [-0.2, 0) is 9.53 Å². The normalized spacial score (nSPS) is 22.9. The van der Waals surface area contributed by atoms with Gasteiger partial charge in [-0.1, -0.05) is 30.3 Å². The summed E-state index contributed by atoms with van der Waals surface area (Å²) < 4.78 is 5.44. The van der Waals surface area contributed by atoms with E-state index >= 15 is 0 Å². The van der Waals surface area contributed by atoms with Crippen LogP contribution in [-0.4, -0.2) is 32.2 Å². The topological polar surface area (TPSA) is 54.5 Å². The van der Waals surface area contributed by atoms with E-state index < -0.39 is 5.97 Å². The van der Waals surface area contributed by atoms with Gasteiger partial charge in [0.15, 0.2) is 6.10 Å². The Labute approximate surface area is 119 Å². The number of ether oxygens (including phenoxy) is 1. The fourth-order valence-electron chi connectivity index (χ4n) is 2.39. The highest BCUT2D eigenvalue weighted by atomic mass is 16.5. The zero-order chi connectivity index (χ0) is 14.4. The van der Waals surface area contributed by atoms with Crippen molar-refractivity contribution < 1.29 is 14.4 Å². The molecule has 1 aromatic carbocycles. The number of likely N-dealkylation sites (tertiary alicyclic amines) is 1. The van der Waals surface area contributed by atoms with Gasteiger partial charge in [0, 0.05) is 6.42 Å². The van der Waals surface area contributed by atoms with Crippen LogP contribution in [0.4, 0.5) is 0 Å². The van der Waals surface area contributed by atoms with Crippen LogP contribution in [0.1, 0.15) is 18.4 Å². The zero-order valence-electron chi connectivity index (χ0n) is 11.6. The first-order valence-corrected chi connectivity index (χ1v) is 6.88. The number of piperidine rings is 1. The summed E-state index contributed by atoms with van der Waals surface area (Å²) in [6.45, 7) is 1.93. The lowest BCUT2D eigenvalue weighted by molar-refractivity contribution is -0.888. The van der Waals surface area contributed by atoms with Gasteiger partial charge in [-0.2, -0.15) is 5.26 Å². The van der Waals surface area contributed by atoms with Gasteiger partial charge in [-0.15, -0.1) is 0 Å². The first-order valence-electron chi connectivity index (χ1n) is 6.88. The van der Waals surface area contributed by atoms with E-state index in [2.05, 4.69) is 7.05 Å². The Morgan fingerprint density at radius 1 is 1.45 bits per heavy atom. The number of carbonyl (C=O) groups excluding carboxylic acids is 1. The van der Waals surface area contributed by atoms with Gasteiger partial charge in [0.25, 0.3) is 0 Å². The first-order chi connectivity index (χ1) is 9.69. The maximum Gasteiger partial charge on any atom is 0.349 e. The molecule has 0 spiro atoms. The maximum atomic E-state index is 12.0. The summed E-state index contributed by atoms with van der Waals surface area (Å²) in [6, 6.07) is 11.3. The van der Waals surface area contributed by atoms with Crippen LogP contribution >= 0.6 is 0 Å². The summed E-state index contributed by atoms with van der Waals surface area (Å²) in [5.41, 5.74) is 0.881. The van der Waals surface area contributed by atoms with Crippen molar-refractivity contribution in [1.82, 2.24) is 0 Å². The predicted molar refractivity (Wildman–Crippen MR) is 75.8 cm³/mol. The number of quaternary nitrogens is 1. The highest BCUT2D eigenvalue weighted by Gasteiger charge is 2.25. The van der Waals surface area contributed by atoms with E-state index in [0.717, 1.165) is 31.5 Å². The second kappa shape index (κ2) is 6.88. The van der Waals surface area contributed by atoms with Crippen molar-refractivity contribution in [2.24, 2.45) is 0 Å². The summed E-state index contributed by atoms with van der Waals surface area (Å²) in [4.78, 5) is 13.4. The lowest BCUT2D eigenvalue weighted by Crippen LogP contribution is -3.11. The Bertz CT molecular complexity index is 531. The van der Waals surface area contributed by atoms with Gasteiger partial charge in [0.05, 0.1) is 13.6 Å². The van der Waals surface area contributed by atoms with Crippen LogP contribution < -0.4 is 4.90 Å². The molecule has 1 heterocycles. The van der Waals surface area contributed by atoms with Gasteiger partial charge in [0.2, 0.25) is 0 Å². The number of hydrogen-bond donors (Lipinski definition) is 1. The lowest BCUT2D eigenvalue weighted by atomic mass is 10.1. The summed E-state index contributed by atoms with van der Waals surface area (Å²) in [5, 5.41) is 9.11. The van der Waals surface area contributed by atoms with Gasteiger partial charge in [-0.05, 0) is 18.1 Å². The fraction of sp³-hybridized carbons (Fsp3) is 0.375. The van der Waals surface area contributed by atoms with Crippen molar-refractivity contribution in [3.05, 3.63) is 41.5 Å². The Kier molecular flexibility index (Phi) is 4.91. The van der Waals surface area contributed by atoms with Crippen LogP contribution in [0.2, 0.25) is 0 Å². The number of carbonyl (C=O) groups is 1. The number of rotatable bonds is 3. The van der Waals surface area contributed by atoms with Gasteiger partial charge >= 0.3 is 5.97 Å². The highest BCUT2D eigenvalue weighted by molar-refractivity contribution is 5.97. The molecule has 2 rings (SSSR count). The van der Waals surface area contributed by atoms with Gasteiger partial charge in [-0.25, -0.2) is 4.79 Å². The van der Waals surface area contributed by atoms with Gasteiger partial charge in [-0.3, -0.25) is 0 Å². The Morgan fingerprint density at radius 2 is 2.20 bits per heavy atom. The van der Waals surface area contributed by atoms with Gasteiger partial charge < -0.3 is 9.64 Å². The summed E-state index contributed by atoms with van der Waals surface area (Å²) in [6.07, 6.45) is 3.42. The number of nitrogens with one attached hydrogen (secondary N) is 1. The Hall–Kier alpha value is -2.12. The minimum Gasteiger partial charge on any atom is -0.452 e. The lowest BCUT2D eigenvalue weighted by Gasteiger charge is -2.26. The molecule has 2 atom stereocenters. The third-order valence-corrected chi connectivity index (χ3v) is 3.43. The van der Waals surface area contributed by atoms with Crippen molar-refractivity contribution in [2.45, 2.75) is 18.9 Å². The third kappa shape index (κ3) is 3.94. The molecule has 0 amide bonds. The molecule has 0 saturated carbocycles. The van der Waals surface area contributed by atoms with E-state index in [1.807, 2.05) is 36.4 Å². The SMILES string of the molecule is C[NH+]1CCC[C@@H](OC(=O)/C(C#N)=C/c2ccccc2)C1. The number of hydrogen-bond acceptors (Lipinski definition) is 3. The molecule has 1 unspecified atom stereocenters. The summed E-state index contributed by atoms with van der Waals surface area (Å²) >= 11 is 0. The van der Waals surface area contributed by atoms with E-state index in [9.17, 15) is 4.79 Å². The summed E-state index contributed by atoms with van der Waals surface area (Å²) in [5.74, 6) is -0.518. The summed E-state index contributed by atoms with van der Waals surface area (Å²) in [7, 11) is 2.09. The van der Waals surface area contributed by atoms with Crippen LogP contribution in [0.15, 0.2) is 35.9 Å². The number of likely N-dealkylation sites (N-methyl/N-ethyl adjacent to an activating group) is 1. The smallest absolute Gasteiger partial charge is 0.349 e. The molecule has 104 valence electrons. The van der Waals surface area contributed by atoms with Crippen LogP contribution in [0.3, 0.4) is 0 Å². The van der Waals surface area contributed by atoms with E-state index in [1.54, 1.807) is 6.08 Å². The molecule has 1 fully saturated rings. The van der Waals surface area contributed by atoms with Crippen molar-refractivity contribution in [2.75, 3.05) is 20.1 Å². The standard InChI is InChI=1S/C16H18N2O2/c1-18-9-5-8-15(12-18)20-16(19)14(11-17)10-13-6-3-2-4-7-13/h2-4,6-7,10,15H,5,8-9,12H2,1H3/p+1/b14-10+/t15-/m1/s1. The average molecular weight is 271 g/mol. The molecule has 1 N–H and O–H groups in total. The van der Waals surface area contributed by atoms with E-state index in [1.165, 1.54) is 4.90 Å². The number of benzene rings is 1. The molecule has 4 nitrogen and oxygen atoms in total. The van der Waals surface area contributed by atoms with Crippen LogP contribution in [0.25, 0.3) is 6.08 Å². The van der Waals surface area contributed by atoms with E-state index in [4.69, 9.17) is 10.00 Å². The van der Waals surface area contributed by atoms with Crippen molar-refractivity contribution in [3.63, 3.8) is 0 Å². The van der Waals surface area contributed by atoms with Crippen molar-refractivity contribution in [1.29, 1.82) is 5.26 Å². The molecule has 0 bridgehead atoms. The number of esters is 1. The molecule has 1 aliphatic heterocycles. The molecule has 1 aromatic rings. The molecule has 0 aliphatic carbocycles. The zero-order valence-corrected chi connectivity index (χ0v) is 11.6. The maximum absolute atomic E-state index is 12.0. The minimum atomic E-state index is -0.518.